The van der Waals surface area contributed by atoms with Gasteiger partial charge in [-0.15, -0.1) is 0 Å². The minimum atomic E-state index is 0.502. The highest BCUT2D eigenvalue weighted by Gasteiger charge is 2.13. The van der Waals surface area contributed by atoms with E-state index in [4.69, 9.17) is 10.5 Å². The van der Waals surface area contributed by atoms with Crippen molar-refractivity contribution in [1.29, 1.82) is 0 Å². The van der Waals surface area contributed by atoms with Crippen LogP contribution >= 0.6 is 11.7 Å². The van der Waals surface area contributed by atoms with Crippen molar-refractivity contribution < 1.29 is 4.74 Å². The van der Waals surface area contributed by atoms with Gasteiger partial charge in [0.15, 0.2) is 5.82 Å². The quantitative estimate of drug-likeness (QED) is 0.819. The maximum absolute atomic E-state index is 5.75. The molecule has 0 fully saturated rings. The Balaban J connectivity index is 2.06. The molecule has 0 amide bonds. The summed E-state index contributed by atoms with van der Waals surface area (Å²) in [5, 5.41) is 0. The van der Waals surface area contributed by atoms with Crippen LogP contribution in [0.5, 0.6) is 5.75 Å². The molecule has 1 aliphatic heterocycles. The second-order valence-corrected chi connectivity index (χ2v) is 4.30. The summed E-state index contributed by atoms with van der Waals surface area (Å²) in [5.74, 6) is 1.48. The number of hydrogen-bond acceptors (Lipinski definition) is 5. The van der Waals surface area contributed by atoms with E-state index in [0.717, 1.165) is 48.2 Å². The Kier molecular flexibility index (Phi) is 2.25. The van der Waals surface area contributed by atoms with Crippen LogP contribution in [0.25, 0.3) is 11.3 Å². The summed E-state index contributed by atoms with van der Waals surface area (Å²) in [4.78, 5) is 0. The topological polar surface area (TPSA) is 61.0 Å². The SMILES string of the molecule is Nc1nsnc1-c1ccc2c(c1)CCCO2. The molecule has 3 rings (SSSR count). The van der Waals surface area contributed by atoms with Gasteiger partial charge in [-0.05, 0) is 36.6 Å². The Bertz CT molecular complexity index is 524. The van der Waals surface area contributed by atoms with Crippen molar-refractivity contribution >= 4 is 17.5 Å². The van der Waals surface area contributed by atoms with Crippen LogP contribution in [0.15, 0.2) is 18.2 Å². The van der Waals surface area contributed by atoms with Gasteiger partial charge in [-0.2, -0.15) is 8.75 Å². The van der Waals surface area contributed by atoms with E-state index in [0.29, 0.717) is 5.82 Å². The van der Waals surface area contributed by atoms with Gasteiger partial charge in [0.2, 0.25) is 0 Å². The standard InChI is InChI=1S/C11H11N3OS/c12-11-10(13-16-14-11)8-3-4-9-7(6-8)2-1-5-15-9/h3-4,6H,1-2,5H2,(H2,12,14). The van der Waals surface area contributed by atoms with E-state index in [1.54, 1.807) is 0 Å². The molecule has 2 aromatic rings. The van der Waals surface area contributed by atoms with Crippen LogP contribution in [0.2, 0.25) is 0 Å². The molecule has 1 aromatic heterocycles. The second-order valence-electron chi connectivity index (χ2n) is 3.77. The zero-order chi connectivity index (χ0) is 11.0. The molecular formula is C11H11N3OS. The van der Waals surface area contributed by atoms with E-state index in [-0.39, 0.29) is 0 Å². The number of ether oxygens (including phenoxy) is 1. The van der Waals surface area contributed by atoms with Crippen molar-refractivity contribution in [2.45, 2.75) is 12.8 Å². The maximum Gasteiger partial charge on any atom is 0.165 e. The third-order valence-electron chi connectivity index (χ3n) is 2.70. The molecule has 0 atom stereocenters. The van der Waals surface area contributed by atoms with E-state index in [2.05, 4.69) is 14.8 Å². The lowest BCUT2D eigenvalue weighted by atomic mass is 10.0. The molecule has 0 radical (unpaired) electrons. The first-order chi connectivity index (χ1) is 7.84. The first kappa shape index (κ1) is 9.59. The van der Waals surface area contributed by atoms with Crippen LogP contribution in [0.1, 0.15) is 12.0 Å². The number of aryl methyl sites for hydroxylation is 1. The molecule has 0 spiro atoms. The van der Waals surface area contributed by atoms with E-state index in [1.165, 1.54) is 5.56 Å². The van der Waals surface area contributed by atoms with Gasteiger partial charge in [-0.1, -0.05) is 0 Å². The number of benzene rings is 1. The van der Waals surface area contributed by atoms with Crippen LogP contribution in [0.3, 0.4) is 0 Å². The Morgan fingerprint density at radius 1 is 1.31 bits per heavy atom. The fourth-order valence-corrected chi connectivity index (χ4v) is 2.40. The third kappa shape index (κ3) is 1.53. The lowest BCUT2D eigenvalue weighted by molar-refractivity contribution is 0.288. The van der Waals surface area contributed by atoms with Crippen molar-refractivity contribution in [1.82, 2.24) is 8.75 Å². The highest BCUT2D eigenvalue weighted by atomic mass is 32.1. The monoisotopic (exact) mass is 233 g/mol. The number of rotatable bonds is 1. The number of nitrogens with zero attached hydrogens (tertiary/aromatic N) is 2. The van der Waals surface area contributed by atoms with Gasteiger partial charge >= 0.3 is 0 Å². The van der Waals surface area contributed by atoms with Gasteiger partial charge in [0.25, 0.3) is 0 Å². The van der Waals surface area contributed by atoms with E-state index in [9.17, 15) is 0 Å². The summed E-state index contributed by atoms with van der Waals surface area (Å²) >= 11 is 1.14. The van der Waals surface area contributed by atoms with Crippen molar-refractivity contribution in [3.8, 4) is 17.0 Å². The van der Waals surface area contributed by atoms with Gasteiger partial charge in [-0.3, -0.25) is 0 Å². The molecular weight excluding hydrogens is 222 g/mol. The molecule has 2 N–H and O–H groups in total. The van der Waals surface area contributed by atoms with Crippen LogP contribution in [-0.4, -0.2) is 15.4 Å². The molecule has 16 heavy (non-hydrogen) atoms. The highest BCUT2D eigenvalue weighted by molar-refractivity contribution is 6.99. The van der Waals surface area contributed by atoms with E-state index >= 15 is 0 Å². The minimum absolute atomic E-state index is 0.502. The van der Waals surface area contributed by atoms with Crippen molar-refractivity contribution in [3.05, 3.63) is 23.8 Å². The van der Waals surface area contributed by atoms with Gasteiger partial charge in [0.05, 0.1) is 18.3 Å². The van der Waals surface area contributed by atoms with Gasteiger partial charge < -0.3 is 10.5 Å². The summed E-state index contributed by atoms with van der Waals surface area (Å²) in [6.45, 7) is 0.812. The zero-order valence-corrected chi connectivity index (χ0v) is 9.46. The molecule has 4 nitrogen and oxygen atoms in total. The first-order valence-electron chi connectivity index (χ1n) is 5.19. The highest BCUT2D eigenvalue weighted by Crippen LogP contribution is 2.31. The van der Waals surface area contributed by atoms with Crippen LogP contribution in [0, 0.1) is 0 Å². The first-order valence-corrected chi connectivity index (χ1v) is 5.92. The number of nitrogens with two attached hydrogens (primary N) is 1. The second kappa shape index (κ2) is 3.75. The Labute approximate surface area is 97.4 Å². The Morgan fingerprint density at radius 2 is 2.25 bits per heavy atom. The smallest absolute Gasteiger partial charge is 0.165 e. The molecule has 0 unspecified atom stereocenters. The van der Waals surface area contributed by atoms with Crippen LogP contribution in [0.4, 0.5) is 5.82 Å². The van der Waals surface area contributed by atoms with E-state index in [1.807, 2.05) is 12.1 Å². The fourth-order valence-electron chi connectivity index (χ4n) is 1.90. The maximum atomic E-state index is 5.75. The predicted molar refractivity (Wildman–Crippen MR) is 63.6 cm³/mol. The summed E-state index contributed by atoms with van der Waals surface area (Å²) in [5.41, 5.74) is 8.79. The summed E-state index contributed by atoms with van der Waals surface area (Å²) < 4.78 is 13.7. The van der Waals surface area contributed by atoms with Gasteiger partial charge in [0.1, 0.15) is 11.4 Å². The molecule has 2 heterocycles. The molecule has 5 heteroatoms. The Hall–Kier alpha value is -1.62. The van der Waals surface area contributed by atoms with Crippen molar-refractivity contribution in [2.75, 3.05) is 12.3 Å². The molecule has 0 saturated heterocycles. The summed E-state index contributed by atoms with van der Waals surface area (Å²) in [7, 11) is 0. The molecule has 0 bridgehead atoms. The molecule has 0 aliphatic carbocycles. The number of anilines is 1. The normalized spacial score (nSPS) is 14.2. The van der Waals surface area contributed by atoms with Gasteiger partial charge in [-0.25, -0.2) is 0 Å². The number of hydrogen-bond donors (Lipinski definition) is 1. The number of nitrogen functional groups attached to an aromatic ring is 1. The van der Waals surface area contributed by atoms with Gasteiger partial charge in [0, 0.05) is 5.56 Å². The predicted octanol–water partition coefficient (Wildman–Crippen LogP) is 2.11. The van der Waals surface area contributed by atoms with Crippen LogP contribution in [-0.2, 0) is 6.42 Å². The largest absolute Gasteiger partial charge is 0.493 e. The number of aromatic nitrogens is 2. The molecule has 1 aliphatic rings. The number of fused-ring (bicyclic) bond motifs is 1. The summed E-state index contributed by atoms with van der Waals surface area (Å²) in [6, 6.07) is 6.07. The molecule has 0 saturated carbocycles. The average Bonchev–Trinajstić information content (AvgIpc) is 2.75. The lowest BCUT2D eigenvalue weighted by Gasteiger charge is -2.17. The fraction of sp³-hybridized carbons (Fsp3) is 0.273. The molecule has 82 valence electrons. The lowest BCUT2D eigenvalue weighted by Crippen LogP contribution is -2.08. The average molecular weight is 233 g/mol. The third-order valence-corrected chi connectivity index (χ3v) is 3.24. The van der Waals surface area contributed by atoms with E-state index < -0.39 is 0 Å². The summed E-state index contributed by atoms with van der Waals surface area (Å²) in [6.07, 6.45) is 2.13. The van der Waals surface area contributed by atoms with Crippen molar-refractivity contribution in [2.24, 2.45) is 0 Å². The Morgan fingerprint density at radius 3 is 3.06 bits per heavy atom. The van der Waals surface area contributed by atoms with Crippen molar-refractivity contribution in [3.63, 3.8) is 0 Å². The minimum Gasteiger partial charge on any atom is -0.493 e. The van der Waals surface area contributed by atoms with Crippen LogP contribution < -0.4 is 10.5 Å². The zero-order valence-electron chi connectivity index (χ0n) is 8.64. The molecule has 1 aromatic carbocycles.